The lowest BCUT2D eigenvalue weighted by Gasteiger charge is -2.10. The summed E-state index contributed by atoms with van der Waals surface area (Å²) in [6.45, 7) is 1.11. The first kappa shape index (κ1) is 24.2. The predicted octanol–water partition coefficient (Wildman–Crippen LogP) is 1.78. The van der Waals surface area contributed by atoms with E-state index in [-0.39, 0.29) is 25.2 Å². The van der Waals surface area contributed by atoms with Crippen molar-refractivity contribution < 1.29 is 23.9 Å². The number of hydrazone groups is 1. The van der Waals surface area contributed by atoms with E-state index < -0.39 is 11.8 Å². The van der Waals surface area contributed by atoms with Gasteiger partial charge in [0.1, 0.15) is 5.75 Å². The summed E-state index contributed by atoms with van der Waals surface area (Å²) in [4.78, 5) is 35.9. The molecule has 3 N–H and O–H groups in total. The van der Waals surface area contributed by atoms with Crippen molar-refractivity contribution >= 4 is 35.5 Å². The molecule has 2 aromatic carbocycles. The van der Waals surface area contributed by atoms with E-state index in [4.69, 9.17) is 21.1 Å². The van der Waals surface area contributed by atoms with E-state index in [1.807, 2.05) is 30.3 Å². The van der Waals surface area contributed by atoms with Crippen LogP contribution in [0, 0.1) is 0 Å². The third-order valence-electron chi connectivity index (χ3n) is 4.75. The van der Waals surface area contributed by atoms with Crippen molar-refractivity contribution in [1.82, 2.24) is 16.1 Å². The van der Waals surface area contributed by atoms with Gasteiger partial charge in [0.25, 0.3) is 5.91 Å². The highest BCUT2D eigenvalue weighted by Gasteiger charge is 2.19. The Morgan fingerprint density at radius 3 is 2.70 bits per heavy atom. The highest BCUT2D eigenvalue weighted by molar-refractivity contribution is 6.35. The first-order chi connectivity index (χ1) is 16.0. The second-order valence-electron chi connectivity index (χ2n) is 7.28. The van der Waals surface area contributed by atoms with E-state index in [9.17, 15) is 14.4 Å². The number of rotatable bonds is 9. The number of carbonyl (C=O) groups is 3. The smallest absolute Gasteiger partial charge is 0.329 e. The number of nitrogens with one attached hydrogen (secondary N) is 3. The van der Waals surface area contributed by atoms with Crippen molar-refractivity contribution in [1.29, 1.82) is 0 Å². The number of ether oxygens (including phenoxy) is 2. The first-order valence-corrected chi connectivity index (χ1v) is 10.8. The van der Waals surface area contributed by atoms with E-state index in [1.165, 1.54) is 6.21 Å². The van der Waals surface area contributed by atoms with Crippen molar-refractivity contribution in [3.8, 4) is 5.75 Å². The van der Waals surface area contributed by atoms with Crippen molar-refractivity contribution in [2.75, 3.05) is 19.8 Å². The molecular weight excluding hydrogens is 448 g/mol. The summed E-state index contributed by atoms with van der Waals surface area (Å²) in [7, 11) is 0. The lowest BCUT2D eigenvalue weighted by molar-refractivity contribution is -0.139. The average molecular weight is 473 g/mol. The Bertz CT molecular complexity index is 994. The van der Waals surface area contributed by atoms with Crippen LogP contribution >= 0.6 is 11.6 Å². The van der Waals surface area contributed by atoms with Gasteiger partial charge < -0.3 is 20.1 Å². The van der Waals surface area contributed by atoms with Crippen LogP contribution in [0.1, 0.15) is 24.0 Å². The SMILES string of the molecule is O=C(COc1ccc(Cl)cc1/C=N\NC(=O)C(=O)NC[C@H]1CCCO1)NCc1ccccc1. The fraction of sp³-hybridized carbons (Fsp3) is 0.304. The Kier molecular flexibility index (Phi) is 9.22. The molecule has 1 saturated heterocycles. The summed E-state index contributed by atoms with van der Waals surface area (Å²) in [6, 6.07) is 14.3. The van der Waals surface area contributed by atoms with Crippen LogP contribution in [-0.4, -0.2) is 49.8 Å². The summed E-state index contributed by atoms with van der Waals surface area (Å²) < 4.78 is 11.0. The van der Waals surface area contributed by atoms with E-state index in [2.05, 4.69) is 21.2 Å². The molecule has 0 saturated carbocycles. The number of amides is 3. The molecule has 2 aromatic rings. The number of benzene rings is 2. The van der Waals surface area contributed by atoms with Gasteiger partial charge in [-0.3, -0.25) is 14.4 Å². The molecular formula is C23H25ClN4O5. The predicted molar refractivity (Wildman–Crippen MR) is 123 cm³/mol. The standard InChI is InChI=1S/C23H25ClN4O5/c24-18-8-9-20(33-15-21(29)25-12-16-5-2-1-3-6-16)17(11-18)13-27-28-23(31)22(30)26-14-19-7-4-10-32-19/h1-3,5-6,8-9,11,13,19H,4,7,10,12,14-15H2,(H,25,29)(H,26,30)(H,28,31)/b27-13-/t19-/m1/s1. The normalized spacial score (nSPS) is 15.2. The van der Waals surface area contributed by atoms with Crippen molar-refractivity contribution in [3.63, 3.8) is 0 Å². The molecule has 9 nitrogen and oxygen atoms in total. The maximum absolute atomic E-state index is 12.1. The molecule has 3 amide bonds. The summed E-state index contributed by atoms with van der Waals surface area (Å²) in [5, 5.41) is 9.48. The van der Waals surface area contributed by atoms with Crippen LogP contribution in [0.25, 0.3) is 0 Å². The molecule has 0 aromatic heterocycles. The number of hydrogen-bond donors (Lipinski definition) is 3. The molecule has 10 heteroatoms. The average Bonchev–Trinajstić information content (AvgIpc) is 3.35. The van der Waals surface area contributed by atoms with Gasteiger partial charge in [0.15, 0.2) is 6.61 Å². The quantitative estimate of drug-likeness (QED) is 0.292. The van der Waals surface area contributed by atoms with Crippen molar-refractivity contribution in [3.05, 3.63) is 64.7 Å². The number of carbonyl (C=O) groups excluding carboxylic acids is 3. The van der Waals surface area contributed by atoms with Gasteiger partial charge in [0.05, 0.1) is 12.3 Å². The maximum Gasteiger partial charge on any atom is 0.329 e. The molecule has 1 aliphatic rings. The molecule has 0 aliphatic carbocycles. The number of nitrogens with zero attached hydrogens (tertiary/aromatic N) is 1. The molecule has 0 radical (unpaired) electrons. The Hall–Kier alpha value is -3.43. The van der Waals surface area contributed by atoms with Crippen LogP contribution in [-0.2, 0) is 25.7 Å². The van der Waals surface area contributed by atoms with Crippen LogP contribution in [0.4, 0.5) is 0 Å². The number of halogens is 1. The first-order valence-electron chi connectivity index (χ1n) is 10.5. The largest absolute Gasteiger partial charge is 0.483 e. The zero-order valence-electron chi connectivity index (χ0n) is 17.9. The van der Waals surface area contributed by atoms with E-state index in [0.717, 1.165) is 18.4 Å². The lowest BCUT2D eigenvalue weighted by Crippen LogP contribution is -2.41. The summed E-state index contributed by atoms with van der Waals surface area (Å²) >= 11 is 6.03. The molecule has 0 spiro atoms. The molecule has 1 fully saturated rings. The van der Waals surface area contributed by atoms with Gasteiger partial charge in [0, 0.05) is 30.3 Å². The summed E-state index contributed by atoms with van der Waals surface area (Å²) in [6.07, 6.45) is 3.01. The van der Waals surface area contributed by atoms with Gasteiger partial charge in [-0.15, -0.1) is 0 Å². The van der Waals surface area contributed by atoms with E-state index in [1.54, 1.807) is 18.2 Å². The third-order valence-corrected chi connectivity index (χ3v) is 4.99. The molecule has 174 valence electrons. The van der Waals surface area contributed by atoms with E-state index >= 15 is 0 Å². The Labute approximate surface area is 196 Å². The minimum atomic E-state index is -0.908. The second kappa shape index (κ2) is 12.6. The fourth-order valence-corrected chi connectivity index (χ4v) is 3.23. The molecule has 1 atom stereocenters. The highest BCUT2D eigenvalue weighted by atomic mass is 35.5. The molecule has 1 heterocycles. The van der Waals surface area contributed by atoms with Crippen LogP contribution in [0.15, 0.2) is 53.6 Å². The summed E-state index contributed by atoms with van der Waals surface area (Å²) in [5.41, 5.74) is 3.56. The monoisotopic (exact) mass is 472 g/mol. The minimum Gasteiger partial charge on any atom is -0.483 e. The topological polar surface area (TPSA) is 118 Å². The van der Waals surface area contributed by atoms with Crippen LogP contribution in [0.2, 0.25) is 5.02 Å². The Morgan fingerprint density at radius 1 is 1.12 bits per heavy atom. The minimum absolute atomic E-state index is 0.0682. The van der Waals surface area contributed by atoms with Gasteiger partial charge in [-0.05, 0) is 36.6 Å². The summed E-state index contributed by atoms with van der Waals surface area (Å²) in [5.74, 6) is -1.67. The number of hydrogen-bond acceptors (Lipinski definition) is 6. The van der Waals surface area contributed by atoms with Gasteiger partial charge in [-0.2, -0.15) is 5.10 Å². The van der Waals surface area contributed by atoms with Crippen LogP contribution < -0.4 is 20.8 Å². The van der Waals surface area contributed by atoms with Gasteiger partial charge in [-0.25, -0.2) is 5.43 Å². The third kappa shape index (κ3) is 8.21. The van der Waals surface area contributed by atoms with Gasteiger partial charge >= 0.3 is 11.8 Å². The van der Waals surface area contributed by atoms with Gasteiger partial charge in [-0.1, -0.05) is 41.9 Å². The van der Waals surface area contributed by atoms with Crippen molar-refractivity contribution in [2.45, 2.75) is 25.5 Å². The molecule has 33 heavy (non-hydrogen) atoms. The van der Waals surface area contributed by atoms with Crippen LogP contribution in [0.5, 0.6) is 5.75 Å². The van der Waals surface area contributed by atoms with Crippen LogP contribution in [0.3, 0.4) is 0 Å². The Balaban J connectivity index is 1.47. The Morgan fingerprint density at radius 2 is 1.94 bits per heavy atom. The zero-order valence-corrected chi connectivity index (χ0v) is 18.6. The lowest BCUT2D eigenvalue weighted by atomic mass is 10.2. The zero-order chi connectivity index (χ0) is 23.5. The molecule has 3 rings (SSSR count). The highest BCUT2D eigenvalue weighted by Crippen LogP contribution is 2.21. The van der Waals surface area contributed by atoms with Gasteiger partial charge in [0.2, 0.25) is 0 Å². The second-order valence-corrected chi connectivity index (χ2v) is 7.71. The maximum atomic E-state index is 12.1. The molecule has 0 unspecified atom stereocenters. The fourth-order valence-electron chi connectivity index (χ4n) is 3.05. The van der Waals surface area contributed by atoms with E-state index in [0.29, 0.717) is 29.5 Å². The molecule has 0 bridgehead atoms. The molecule has 1 aliphatic heterocycles. The van der Waals surface area contributed by atoms with Crippen molar-refractivity contribution in [2.24, 2.45) is 5.10 Å².